The highest BCUT2D eigenvalue weighted by molar-refractivity contribution is 5.78. The molecule has 0 bridgehead atoms. The fourth-order valence-corrected chi connectivity index (χ4v) is 2.31. The number of rotatable bonds is 4. The maximum atomic E-state index is 11.1. The second-order valence-electron chi connectivity index (χ2n) is 4.48. The number of carbonyl (C=O) groups excluding carboxylic acids is 1. The van der Waals surface area contributed by atoms with Gasteiger partial charge in [-0.25, -0.2) is 0 Å². The smallest absolute Gasteiger partial charge is 0.146 e. The topological polar surface area (TPSA) is 20.3 Å². The molecule has 88 valence electrons. The lowest BCUT2D eigenvalue weighted by Gasteiger charge is -2.26. The predicted molar refractivity (Wildman–Crippen MR) is 69.7 cm³/mol. The summed E-state index contributed by atoms with van der Waals surface area (Å²) in [7, 11) is 4.08. The Labute approximate surface area is 102 Å². The maximum absolute atomic E-state index is 11.1. The first-order valence-corrected chi connectivity index (χ1v) is 5.80. The van der Waals surface area contributed by atoms with Gasteiger partial charge in [-0.05, 0) is 31.7 Å². The standard InChI is InChI=1S/C15H17NO/c1-16(2)15(12-7-4-3-5-8-12)14-10-6-9-13(14)11-17/h3-8,10-11,15H,9H2,1-2H3. The van der Waals surface area contributed by atoms with Crippen molar-refractivity contribution in [2.45, 2.75) is 12.5 Å². The van der Waals surface area contributed by atoms with Crippen LogP contribution < -0.4 is 0 Å². The van der Waals surface area contributed by atoms with Crippen LogP contribution in [0.15, 0.2) is 53.6 Å². The molecule has 0 amide bonds. The minimum Gasteiger partial charge on any atom is -0.299 e. The lowest BCUT2D eigenvalue weighted by atomic mass is 9.96. The van der Waals surface area contributed by atoms with Gasteiger partial charge in [0.1, 0.15) is 6.29 Å². The summed E-state index contributed by atoms with van der Waals surface area (Å²) in [5.41, 5.74) is 3.24. The van der Waals surface area contributed by atoms with Crippen molar-refractivity contribution in [1.82, 2.24) is 4.90 Å². The zero-order chi connectivity index (χ0) is 12.3. The Hall–Kier alpha value is -1.67. The highest BCUT2D eigenvalue weighted by Crippen LogP contribution is 2.33. The summed E-state index contributed by atoms with van der Waals surface area (Å²) < 4.78 is 0. The molecule has 1 unspecified atom stereocenters. The summed E-state index contributed by atoms with van der Waals surface area (Å²) >= 11 is 0. The van der Waals surface area contributed by atoms with E-state index in [1.807, 2.05) is 32.3 Å². The zero-order valence-electron chi connectivity index (χ0n) is 10.3. The number of allylic oxidation sites excluding steroid dienone is 2. The molecule has 2 nitrogen and oxygen atoms in total. The van der Waals surface area contributed by atoms with E-state index in [1.165, 1.54) is 5.56 Å². The van der Waals surface area contributed by atoms with E-state index >= 15 is 0 Å². The van der Waals surface area contributed by atoms with Crippen LogP contribution in [-0.2, 0) is 4.79 Å². The average molecular weight is 227 g/mol. The van der Waals surface area contributed by atoms with Crippen LogP contribution in [0.2, 0.25) is 0 Å². The van der Waals surface area contributed by atoms with Crippen molar-refractivity contribution in [3.8, 4) is 0 Å². The molecule has 0 heterocycles. The molecular formula is C15H17NO. The van der Waals surface area contributed by atoms with Gasteiger partial charge in [0, 0.05) is 5.57 Å². The van der Waals surface area contributed by atoms with Crippen molar-refractivity contribution >= 4 is 6.29 Å². The molecule has 0 saturated heterocycles. The Morgan fingerprint density at radius 1 is 1.24 bits per heavy atom. The summed E-state index contributed by atoms with van der Waals surface area (Å²) in [4.78, 5) is 13.2. The van der Waals surface area contributed by atoms with Crippen molar-refractivity contribution in [2.75, 3.05) is 14.1 Å². The van der Waals surface area contributed by atoms with Gasteiger partial charge in [0.05, 0.1) is 6.04 Å². The van der Waals surface area contributed by atoms with Gasteiger partial charge in [0.2, 0.25) is 0 Å². The third kappa shape index (κ3) is 2.37. The third-order valence-corrected chi connectivity index (χ3v) is 3.07. The summed E-state index contributed by atoms with van der Waals surface area (Å²) in [6.45, 7) is 0. The van der Waals surface area contributed by atoms with E-state index in [0.717, 1.165) is 23.9 Å². The van der Waals surface area contributed by atoms with Crippen LogP contribution in [0.5, 0.6) is 0 Å². The van der Waals surface area contributed by atoms with E-state index in [-0.39, 0.29) is 6.04 Å². The molecule has 17 heavy (non-hydrogen) atoms. The SMILES string of the molecule is CN(C)C(C1=C(C=O)CC=C1)c1ccccc1. The minimum atomic E-state index is 0.162. The molecule has 1 aromatic carbocycles. The molecule has 1 atom stereocenters. The Kier molecular flexibility index (Phi) is 3.55. The van der Waals surface area contributed by atoms with Gasteiger partial charge in [0.15, 0.2) is 0 Å². The molecule has 2 heteroatoms. The van der Waals surface area contributed by atoms with E-state index in [1.54, 1.807) is 0 Å². The largest absolute Gasteiger partial charge is 0.299 e. The van der Waals surface area contributed by atoms with Gasteiger partial charge in [-0.1, -0.05) is 42.5 Å². The first-order chi connectivity index (χ1) is 8.24. The van der Waals surface area contributed by atoms with E-state index in [9.17, 15) is 4.79 Å². The lowest BCUT2D eigenvalue weighted by molar-refractivity contribution is -0.105. The number of carbonyl (C=O) groups is 1. The highest BCUT2D eigenvalue weighted by atomic mass is 16.1. The van der Waals surface area contributed by atoms with Crippen LogP contribution in [-0.4, -0.2) is 25.3 Å². The van der Waals surface area contributed by atoms with Gasteiger partial charge >= 0.3 is 0 Å². The van der Waals surface area contributed by atoms with E-state index in [0.29, 0.717) is 0 Å². The Morgan fingerprint density at radius 3 is 2.53 bits per heavy atom. The molecular weight excluding hydrogens is 210 g/mol. The van der Waals surface area contributed by atoms with Crippen LogP contribution in [0.1, 0.15) is 18.0 Å². The normalized spacial score (nSPS) is 16.6. The monoisotopic (exact) mass is 227 g/mol. The Morgan fingerprint density at radius 2 is 1.94 bits per heavy atom. The first kappa shape index (κ1) is 11.8. The van der Waals surface area contributed by atoms with Gasteiger partial charge in [-0.3, -0.25) is 9.69 Å². The van der Waals surface area contributed by atoms with Crippen molar-refractivity contribution in [1.29, 1.82) is 0 Å². The fraction of sp³-hybridized carbons (Fsp3) is 0.267. The van der Waals surface area contributed by atoms with Crippen LogP contribution in [0.25, 0.3) is 0 Å². The molecule has 0 radical (unpaired) electrons. The Balaban J connectivity index is 2.44. The first-order valence-electron chi connectivity index (χ1n) is 5.80. The number of hydrogen-bond donors (Lipinski definition) is 0. The maximum Gasteiger partial charge on any atom is 0.146 e. The van der Waals surface area contributed by atoms with Crippen LogP contribution in [0.3, 0.4) is 0 Å². The minimum absolute atomic E-state index is 0.162. The number of aldehydes is 1. The van der Waals surface area contributed by atoms with Crippen molar-refractivity contribution < 1.29 is 4.79 Å². The zero-order valence-corrected chi connectivity index (χ0v) is 10.3. The number of benzene rings is 1. The molecule has 0 saturated carbocycles. The predicted octanol–water partition coefficient (Wildman–Crippen LogP) is 2.74. The van der Waals surface area contributed by atoms with Gasteiger partial charge in [-0.15, -0.1) is 0 Å². The summed E-state index contributed by atoms with van der Waals surface area (Å²) in [5, 5.41) is 0. The molecule has 0 N–H and O–H groups in total. The number of hydrogen-bond acceptors (Lipinski definition) is 2. The lowest BCUT2D eigenvalue weighted by Crippen LogP contribution is -2.21. The summed E-state index contributed by atoms with van der Waals surface area (Å²) in [6.07, 6.45) is 5.87. The second-order valence-corrected chi connectivity index (χ2v) is 4.48. The van der Waals surface area contributed by atoms with Gasteiger partial charge < -0.3 is 0 Å². The molecule has 1 aliphatic carbocycles. The fourth-order valence-electron chi connectivity index (χ4n) is 2.31. The van der Waals surface area contributed by atoms with Gasteiger partial charge in [-0.2, -0.15) is 0 Å². The molecule has 1 aromatic rings. The van der Waals surface area contributed by atoms with Crippen LogP contribution in [0.4, 0.5) is 0 Å². The number of likely N-dealkylation sites (N-methyl/N-ethyl adjacent to an activating group) is 1. The van der Waals surface area contributed by atoms with Gasteiger partial charge in [0.25, 0.3) is 0 Å². The van der Waals surface area contributed by atoms with Crippen molar-refractivity contribution in [2.24, 2.45) is 0 Å². The summed E-state index contributed by atoms with van der Waals surface area (Å²) in [5.74, 6) is 0. The van der Waals surface area contributed by atoms with Crippen molar-refractivity contribution in [3.05, 3.63) is 59.2 Å². The quantitative estimate of drug-likeness (QED) is 0.737. The molecule has 0 aromatic heterocycles. The summed E-state index contributed by atoms with van der Waals surface area (Å²) in [6, 6.07) is 10.4. The van der Waals surface area contributed by atoms with Crippen LogP contribution in [0, 0.1) is 0 Å². The molecule has 1 aliphatic rings. The average Bonchev–Trinajstić information content (AvgIpc) is 2.78. The second kappa shape index (κ2) is 5.11. The molecule has 0 spiro atoms. The molecule has 2 rings (SSSR count). The van der Waals surface area contributed by atoms with E-state index < -0.39 is 0 Å². The molecule has 0 aliphatic heterocycles. The van der Waals surface area contributed by atoms with Crippen molar-refractivity contribution in [3.63, 3.8) is 0 Å². The number of nitrogens with zero attached hydrogens (tertiary/aromatic N) is 1. The highest BCUT2D eigenvalue weighted by Gasteiger charge is 2.22. The Bertz CT molecular complexity index is 457. The third-order valence-electron chi connectivity index (χ3n) is 3.07. The molecule has 0 fully saturated rings. The van der Waals surface area contributed by atoms with Crippen LogP contribution >= 0.6 is 0 Å². The van der Waals surface area contributed by atoms with E-state index in [4.69, 9.17) is 0 Å². The van der Waals surface area contributed by atoms with E-state index in [2.05, 4.69) is 29.2 Å².